The molecule has 0 amide bonds. The van der Waals surface area contributed by atoms with Crippen LogP contribution in [0, 0.1) is 10.1 Å². The highest BCUT2D eigenvalue weighted by Gasteiger charge is 2.11. The molecule has 0 aliphatic heterocycles. The van der Waals surface area contributed by atoms with Crippen LogP contribution in [0.15, 0.2) is 18.2 Å². The largest absolute Gasteiger partial charge is 0.298 e. The van der Waals surface area contributed by atoms with Crippen molar-refractivity contribution in [2.45, 2.75) is 6.42 Å². The number of hydrogen-bond donors (Lipinski definition) is 0. The third kappa shape index (κ3) is 3.28. The zero-order chi connectivity index (χ0) is 11.4. The molecule has 4 nitrogen and oxygen atoms in total. The van der Waals surface area contributed by atoms with Gasteiger partial charge in [-0.25, -0.2) is 0 Å². The fourth-order valence-corrected chi connectivity index (χ4v) is 1.49. The van der Waals surface area contributed by atoms with Gasteiger partial charge in [-0.2, -0.15) is 0 Å². The summed E-state index contributed by atoms with van der Waals surface area (Å²) in [6, 6.07) is 4.09. The molecule has 1 aromatic carbocycles. The monoisotopic (exact) mass is 291 g/mol. The van der Waals surface area contributed by atoms with Crippen LogP contribution in [-0.2, 0) is 11.2 Å². The van der Waals surface area contributed by atoms with Crippen LogP contribution in [0.1, 0.15) is 5.56 Å². The number of Topliss-reactive ketones (excluding diaryl/α,β-unsaturated/α-hetero) is 1. The first-order valence-electron chi connectivity index (χ1n) is 4.05. The van der Waals surface area contributed by atoms with Crippen LogP contribution in [-0.4, -0.2) is 16.0 Å². The number of halogens is 2. The van der Waals surface area contributed by atoms with Crippen molar-refractivity contribution in [3.63, 3.8) is 0 Å². The Labute approximate surface area is 99.5 Å². The van der Waals surface area contributed by atoms with Crippen molar-refractivity contribution in [3.8, 4) is 0 Å². The van der Waals surface area contributed by atoms with Crippen molar-refractivity contribution in [2.75, 3.05) is 5.33 Å². The van der Waals surface area contributed by atoms with Crippen molar-refractivity contribution < 1.29 is 9.72 Å². The molecule has 0 spiro atoms. The van der Waals surface area contributed by atoms with Gasteiger partial charge in [0, 0.05) is 18.6 Å². The second kappa shape index (κ2) is 5.23. The fraction of sp³-hybridized carbons (Fsp3) is 0.222. The van der Waals surface area contributed by atoms with E-state index in [2.05, 4.69) is 15.9 Å². The first-order chi connectivity index (χ1) is 7.04. The quantitative estimate of drug-likeness (QED) is 0.487. The molecule has 0 fully saturated rings. The van der Waals surface area contributed by atoms with Crippen molar-refractivity contribution in [1.82, 2.24) is 0 Å². The molecule has 0 N–H and O–H groups in total. The number of nitro benzene ring substituents is 1. The number of ketones is 1. The molecule has 0 unspecified atom stereocenters. The van der Waals surface area contributed by atoms with Crippen LogP contribution in [0.25, 0.3) is 0 Å². The number of nitrogens with zero attached hydrogens (tertiary/aromatic N) is 1. The molecule has 0 saturated carbocycles. The van der Waals surface area contributed by atoms with E-state index in [-0.39, 0.29) is 28.2 Å². The van der Waals surface area contributed by atoms with Gasteiger partial charge in [0.15, 0.2) is 0 Å². The maximum Gasteiger partial charge on any atom is 0.270 e. The normalized spacial score (nSPS) is 10.0. The molecule has 1 rings (SSSR count). The zero-order valence-corrected chi connectivity index (χ0v) is 9.92. The number of nitro groups is 1. The average Bonchev–Trinajstić information content (AvgIpc) is 2.20. The van der Waals surface area contributed by atoms with Gasteiger partial charge in [0.25, 0.3) is 5.69 Å². The second-order valence-electron chi connectivity index (χ2n) is 2.88. The van der Waals surface area contributed by atoms with Gasteiger partial charge in [0.05, 0.1) is 15.3 Å². The number of alkyl halides is 1. The summed E-state index contributed by atoms with van der Waals surface area (Å²) in [6.45, 7) is 0. The van der Waals surface area contributed by atoms with E-state index in [0.29, 0.717) is 5.56 Å². The lowest BCUT2D eigenvalue weighted by molar-refractivity contribution is -0.384. The summed E-state index contributed by atoms with van der Waals surface area (Å²) in [5.74, 6) is -0.0225. The van der Waals surface area contributed by atoms with Crippen LogP contribution in [0.5, 0.6) is 0 Å². The van der Waals surface area contributed by atoms with Gasteiger partial charge in [-0.15, -0.1) is 0 Å². The molecule has 0 radical (unpaired) electrons. The minimum Gasteiger partial charge on any atom is -0.298 e. The van der Waals surface area contributed by atoms with Crippen LogP contribution in [0.4, 0.5) is 5.69 Å². The van der Waals surface area contributed by atoms with Crippen molar-refractivity contribution in [2.24, 2.45) is 0 Å². The standard InChI is InChI=1S/C9H7BrClNO3/c10-5-8(13)3-6-1-2-7(12(14)15)4-9(6)11/h1-2,4H,3,5H2. The lowest BCUT2D eigenvalue weighted by atomic mass is 10.1. The summed E-state index contributed by atoms with van der Waals surface area (Å²) >= 11 is 8.84. The fourth-order valence-electron chi connectivity index (χ4n) is 1.05. The first-order valence-corrected chi connectivity index (χ1v) is 5.55. The van der Waals surface area contributed by atoms with Gasteiger partial charge in [-0.05, 0) is 5.56 Å². The Morgan fingerprint density at radius 3 is 2.67 bits per heavy atom. The molecule has 0 bridgehead atoms. The number of rotatable bonds is 4. The van der Waals surface area contributed by atoms with Gasteiger partial charge < -0.3 is 0 Å². The van der Waals surface area contributed by atoms with Crippen molar-refractivity contribution in [3.05, 3.63) is 38.9 Å². The average molecular weight is 293 g/mol. The first kappa shape index (κ1) is 12.1. The summed E-state index contributed by atoms with van der Waals surface area (Å²) in [6.07, 6.45) is 0.183. The number of benzene rings is 1. The minimum absolute atomic E-state index is 0.0225. The third-order valence-corrected chi connectivity index (χ3v) is 2.76. The van der Waals surface area contributed by atoms with Crippen LogP contribution < -0.4 is 0 Å². The Balaban J connectivity index is 2.93. The van der Waals surface area contributed by atoms with Gasteiger partial charge in [0.1, 0.15) is 5.78 Å². The Morgan fingerprint density at radius 2 is 2.20 bits per heavy atom. The number of carbonyl (C=O) groups excluding carboxylic acids is 1. The Morgan fingerprint density at radius 1 is 1.53 bits per heavy atom. The predicted molar refractivity (Wildman–Crippen MR) is 60.6 cm³/mol. The molecular formula is C9H7BrClNO3. The topological polar surface area (TPSA) is 60.2 Å². The molecule has 80 valence electrons. The molecule has 0 saturated heterocycles. The smallest absolute Gasteiger partial charge is 0.270 e. The summed E-state index contributed by atoms with van der Waals surface area (Å²) in [5, 5.41) is 10.9. The van der Waals surface area contributed by atoms with E-state index >= 15 is 0 Å². The van der Waals surface area contributed by atoms with Crippen LogP contribution in [0.2, 0.25) is 5.02 Å². The maximum absolute atomic E-state index is 11.1. The molecule has 0 heterocycles. The Hall–Kier alpha value is -0.940. The van der Waals surface area contributed by atoms with E-state index in [0.717, 1.165) is 0 Å². The predicted octanol–water partition coefficient (Wildman–Crippen LogP) is 2.75. The van der Waals surface area contributed by atoms with E-state index in [1.54, 1.807) is 0 Å². The summed E-state index contributed by atoms with van der Waals surface area (Å²) in [5.41, 5.74) is 0.529. The number of carbonyl (C=O) groups is 1. The van der Waals surface area contributed by atoms with E-state index in [4.69, 9.17) is 11.6 Å². The van der Waals surface area contributed by atoms with Crippen molar-refractivity contribution in [1.29, 1.82) is 0 Å². The summed E-state index contributed by atoms with van der Waals surface area (Å²) < 4.78 is 0. The van der Waals surface area contributed by atoms with Gasteiger partial charge >= 0.3 is 0 Å². The SMILES string of the molecule is O=C(CBr)Cc1ccc([N+](=O)[O-])cc1Cl. The van der Waals surface area contributed by atoms with Gasteiger partial charge in [-0.3, -0.25) is 14.9 Å². The lowest BCUT2D eigenvalue weighted by Crippen LogP contribution is -2.04. The minimum atomic E-state index is -0.526. The summed E-state index contributed by atoms with van der Waals surface area (Å²) in [4.78, 5) is 21.0. The lowest BCUT2D eigenvalue weighted by Gasteiger charge is -2.01. The Bertz CT molecular complexity index is 408. The number of non-ortho nitro benzene ring substituents is 1. The molecule has 0 atom stereocenters. The molecule has 0 aliphatic carbocycles. The van der Waals surface area contributed by atoms with E-state index in [1.165, 1.54) is 18.2 Å². The van der Waals surface area contributed by atoms with Crippen molar-refractivity contribution >= 4 is 39.0 Å². The highest BCUT2D eigenvalue weighted by molar-refractivity contribution is 9.09. The molecule has 1 aromatic rings. The number of hydrogen-bond acceptors (Lipinski definition) is 3. The second-order valence-corrected chi connectivity index (χ2v) is 3.85. The molecule has 6 heteroatoms. The van der Waals surface area contributed by atoms with Gasteiger partial charge in [-0.1, -0.05) is 33.6 Å². The van der Waals surface area contributed by atoms with E-state index in [9.17, 15) is 14.9 Å². The molecular weight excluding hydrogens is 285 g/mol. The maximum atomic E-state index is 11.1. The molecule has 15 heavy (non-hydrogen) atoms. The Kier molecular flexibility index (Phi) is 4.23. The highest BCUT2D eigenvalue weighted by Crippen LogP contribution is 2.22. The highest BCUT2D eigenvalue weighted by atomic mass is 79.9. The van der Waals surface area contributed by atoms with Crippen LogP contribution in [0.3, 0.4) is 0 Å². The molecule has 0 aliphatic rings. The zero-order valence-electron chi connectivity index (χ0n) is 7.57. The third-order valence-electron chi connectivity index (χ3n) is 1.78. The van der Waals surface area contributed by atoms with Crippen LogP contribution >= 0.6 is 27.5 Å². The molecule has 0 aromatic heterocycles. The van der Waals surface area contributed by atoms with E-state index in [1.807, 2.05) is 0 Å². The van der Waals surface area contributed by atoms with Gasteiger partial charge in [0.2, 0.25) is 0 Å². The van der Waals surface area contributed by atoms with E-state index < -0.39 is 4.92 Å². The summed E-state index contributed by atoms with van der Waals surface area (Å²) in [7, 11) is 0.